The maximum absolute atomic E-state index is 11.1. The fraction of sp³-hybridized carbons (Fsp3) is 0.182. The molecule has 0 bridgehead atoms. The third-order valence-electron chi connectivity index (χ3n) is 1.55. The minimum absolute atomic E-state index is 0.0296. The fourth-order valence-electron chi connectivity index (χ4n) is 0.906. The van der Waals surface area contributed by atoms with Gasteiger partial charge in [-0.15, -0.1) is 6.42 Å². The molecule has 0 spiro atoms. The maximum atomic E-state index is 11.1. The number of hydrogen-bond donors (Lipinski definition) is 1. The standard InChI is InChI=1S/C11H10BrNO2/c1-2-6-13-11(14)8-15-10-5-3-4-9(12)7-10/h1,3-5,7H,6,8H2,(H,13,14). The molecule has 3 nitrogen and oxygen atoms in total. The van der Waals surface area contributed by atoms with Crippen LogP contribution in [0, 0.1) is 12.3 Å². The maximum Gasteiger partial charge on any atom is 0.258 e. The number of terminal acetylenes is 1. The Labute approximate surface area is 96.9 Å². The largest absolute Gasteiger partial charge is 0.484 e. The van der Waals surface area contributed by atoms with E-state index in [1.807, 2.05) is 12.1 Å². The first kappa shape index (κ1) is 11.6. The number of rotatable bonds is 4. The van der Waals surface area contributed by atoms with Crippen LogP contribution in [-0.4, -0.2) is 19.1 Å². The van der Waals surface area contributed by atoms with Crippen LogP contribution in [0.4, 0.5) is 0 Å². The first-order chi connectivity index (χ1) is 7.22. The quantitative estimate of drug-likeness (QED) is 0.842. The van der Waals surface area contributed by atoms with Gasteiger partial charge in [-0.2, -0.15) is 0 Å². The van der Waals surface area contributed by atoms with Gasteiger partial charge in [-0.05, 0) is 18.2 Å². The summed E-state index contributed by atoms with van der Waals surface area (Å²) in [5, 5.41) is 2.51. The van der Waals surface area contributed by atoms with Crippen LogP contribution in [0.2, 0.25) is 0 Å². The number of ether oxygens (including phenoxy) is 1. The van der Waals surface area contributed by atoms with Gasteiger partial charge in [0.1, 0.15) is 5.75 Å². The molecule has 0 aromatic heterocycles. The molecule has 1 amide bonds. The van der Waals surface area contributed by atoms with Gasteiger partial charge in [-0.3, -0.25) is 4.79 Å². The molecular weight excluding hydrogens is 258 g/mol. The van der Waals surface area contributed by atoms with Crippen molar-refractivity contribution in [2.24, 2.45) is 0 Å². The average Bonchev–Trinajstić information content (AvgIpc) is 2.23. The van der Waals surface area contributed by atoms with E-state index in [2.05, 4.69) is 27.2 Å². The second kappa shape index (κ2) is 6.10. The van der Waals surface area contributed by atoms with Gasteiger partial charge >= 0.3 is 0 Å². The number of benzene rings is 1. The third-order valence-corrected chi connectivity index (χ3v) is 2.05. The zero-order valence-corrected chi connectivity index (χ0v) is 9.58. The molecule has 0 aliphatic rings. The van der Waals surface area contributed by atoms with Crippen LogP contribution in [0.5, 0.6) is 5.75 Å². The highest BCUT2D eigenvalue weighted by Gasteiger charge is 2.01. The summed E-state index contributed by atoms with van der Waals surface area (Å²) in [4.78, 5) is 11.1. The zero-order valence-electron chi connectivity index (χ0n) is 8.00. The third kappa shape index (κ3) is 4.52. The highest BCUT2D eigenvalue weighted by molar-refractivity contribution is 9.10. The Morgan fingerprint density at radius 1 is 1.60 bits per heavy atom. The lowest BCUT2D eigenvalue weighted by Gasteiger charge is -2.05. The van der Waals surface area contributed by atoms with E-state index in [1.165, 1.54) is 0 Å². The van der Waals surface area contributed by atoms with E-state index >= 15 is 0 Å². The number of hydrogen-bond acceptors (Lipinski definition) is 2. The molecule has 78 valence electrons. The van der Waals surface area contributed by atoms with Crippen LogP contribution in [-0.2, 0) is 4.79 Å². The van der Waals surface area contributed by atoms with Crippen molar-refractivity contribution in [2.75, 3.05) is 13.2 Å². The number of carbonyl (C=O) groups is 1. The Balaban J connectivity index is 2.37. The second-order valence-electron chi connectivity index (χ2n) is 2.73. The highest BCUT2D eigenvalue weighted by atomic mass is 79.9. The number of nitrogens with one attached hydrogen (secondary N) is 1. The van der Waals surface area contributed by atoms with E-state index in [0.717, 1.165) is 4.47 Å². The van der Waals surface area contributed by atoms with Gasteiger partial charge in [0.2, 0.25) is 0 Å². The minimum atomic E-state index is -0.229. The molecule has 0 heterocycles. The number of amides is 1. The van der Waals surface area contributed by atoms with E-state index in [4.69, 9.17) is 11.2 Å². The van der Waals surface area contributed by atoms with Gasteiger partial charge in [0.05, 0.1) is 6.54 Å². The Bertz CT molecular complexity index is 384. The van der Waals surface area contributed by atoms with Gasteiger partial charge < -0.3 is 10.1 Å². The number of carbonyl (C=O) groups excluding carboxylic acids is 1. The van der Waals surface area contributed by atoms with Crippen molar-refractivity contribution >= 4 is 21.8 Å². The molecule has 0 saturated carbocycles. The molecule has 1 aromatic rings. The Kier molecular flexibility index (Phi) is 4.72. The molecule has 15 heavy (non-hydrogen) atoms. The lowest BCUT2D eigenvalue weighted by Crippen LogP contribution is -2.28. The summed E-state index contributed by atoms with van der Waals surface area (Å²) >= 11 is 3.30. The van der Waals surface area contributed by atoms with Crippen molar-refractivity contribution in [1.82, 2.24) is 5.32 Å². The van der Waals surface area contributed by atoms with Crippen molar-refractivity contribution in [3.63, 3.8) is 0 Å². The molecule has 0 aliphatic carbocycles. The van der Waals surface area contributed by atoms with Gasteiger partial charge in [0.25, 0.3) is 5.91 Å². The van der Waals surface area contributed by atoms with Crippen molar-refractivity contribution in [2.45, 2.75) is 0 Å². The van der Waals surface area contributed by atoms with Crippen LogP contribution < -0.4 is 10.1 Å². The minimum Gasteiger partial charge on any atom is -0.484 e. The predicted octanol–water partition coefficient (Wildman–Crippen LogP) is 1.58. The smallest absolute Gasteiger partial charge is 0.258 e. The predicted molar refractivity (Wildman–Crippen MR) is 61.5 cm³/mol. The second-order valence-corrected chi connectivity index (χ2v) is 3.64. The first-order valence-corrected chi connectivity index (χ1v) is 5.10. The summed E-state index contributed by atoms with van der Waals surface area (Å²) in [7, 11) is 0. The van der Waals surface area contributed by atoms with Crippen molar-refractivity contribution in [3.8, 4) is 18.1 Å². The fourth-order valence-corrected chi connectivity index (χ4v) is 1.28. The van der Waals surface area contributed by atoms with Crippen LogP contribution in [0.25, 0.3) is 0 Å². The van der Waals surface area contributed by atoms with Crippen molar-refractivity contribution in [3.05, 3.63) is 28.7 Å². The molecule has 4 heteroatoms. The summed E-state index contributed by atoms with van der Waals surface area (Å²) in [5.41, 5.74) is 0. The van der Waals surface area contributed by atoms with Crippen LogP contribution in [0.3, 0.4) is 0 Å². The van der Waals surface area contributed by atoms with Gasteiger partial charge in [-0.1, -0.05) is 27.9 Å². The monoisotopic (exact) mass is 267 g/mol. The molecule has 1 rings (SSSR count). The Morgan fingerprint density at radius 2 is 2.40 bits per heavy atom. The molecule has 0 fully saturated rings. The highest BCUT2D eigenvalue weighted by Crippen LogP contribution is 2.17. The van der Waals surface area contributed by atoms with E-state index in [9.17, 15) is 4.79 Å². The molecule has 1 aromatic carbocycles. The van der Waals surface area contributed by atoms with E-state index in [-0.39, 0.29) is 19.1 Å². The molecule has 0 radical (unpaired) electrons. The SMILES string of the molecule is C#CCNC(=O)COc1cccc(Br)c1. The summed E-state index contributed by atoms with van der Waals surface area (Å²) in [6, 6.07) is 7.28. The van der Waals surface area contributed by atoms with E-state index < -0.39 is 0 Å². The van der Waals surface area contributed by atoms with Gasteiger partial charge in [0, 0.05) is 4.47 Å². The molecule has 0 saturated heterocycles. The van der Waals surface area contributed by atoms with Crippen LogP contribution >= 0.6 is 15.9 Å². The van der Waals surface area contributed by atoms with Gasteiger partial charge in [-0.25, -0.2) is 0 Å². The normalized spacial score (nSPS) is 9.07. The molecule has 1 N–H and O–H groups in total. The summed E-state index contributed by atoms with van der Waals surface area (Å²) in [6.45, 7) is 0.193. The summed E-state index contributed by atoms with van der Waals surface area (Å²) in [6.07, 6.45) is 4.99. The molecular formula is C11H10BrNO2. The average molecular weight is 268 g/mol. The van der Waals surface area contributed by atoms with Gasteiger partial charge in [0.15, 0.2) is 6.61 Å². The topological polar surface area (TPSA) is 38.3 Å². The number of halogens is 1. The van der Waals surface area contributed by atoms with Crippen LogP contribution in [0.15, 0.2) is 28.7 Å². The lowest BCUT2D eigenvalue weighted by atomic mass is 10.3. The van der Waals surface area contributed by atoms with E-state index in [1.54, 1.807) is 12.1 Å². The molecule has 0 unspecified atom stereocenters. The Hall–Kier alpha value is -1.47. The zero-order chi connectivity index (χ0) is 11.1. The van der Waals surface area contributed by atoms with Crippen LogP contribution in [0.1, 0.15) is 0 Å². The van der Waals surface area contributed by atoms with Crippen molar-refractivity contribution < 1.29 is 9.53 Å². The van der Waals surface area contributed by atoms with E-state index in [0.29, 0.717) is 5.75 Å². The molecule has 0 aliphatic heterocycles. The first-order valence-electron chi connectivity index (χ1n) is 4.31. The summed E-state index contributed by atoms with van der Waals surface area (Å²) < 4.78 is 6.14. The van der Waals surface area contributed by atoms with Crippen molar-refractivity contribution in [1.29, 1.82) is 0 Å². The molecule has 0 atom stereocenters. The lowest BCUT2D eigenvalue weighted by molar-refractivity contribution is -0.122. The Morgan fingerprint density at radius 3 is 3.07 bits per heavy atom. The summed E-state index contributed by atoms with van der Waals surface area (Å²) in [5.74, 6) is 2.72.